The molecule has 1 aliphatic carbocycles. The molecule has 2 bridgehead atoms. The number of piperazine rings is 1. The number of methoxy groups -OCH3 is 2. The van der Waals surface area contributed by atoms with Crippen LogP contribution in [-0.2, 0) is 102 Å². The number of ether oxygens (including phenoxy) is 10. The molecule has 7 aromatic rings. The minimum absolute atomic E-state index is 0.0128. The minimum Gasteiger partial charge on any atom is -0.459 e. The summed E-state index contributed by atoms with van der Waals surface area (Å²) in [5.41, 5.74) is 26.8. The summed E-state index contributed by atoms with van der Waals surface area (Å²) in [6, 6.07) is 11.2. The number of aromatic nitrogens is 10. The summed E-state index contributed by atoms with van der Waals surface area (Å²) in [5, 5.41) is 62.6. The van der Waals surface area contributed by atoms with Crippen molar-refractivity contribution in [3.05, 3.63) is 126 Å². The van der Waals surface area contributed by atoms with Crippen molar-refractivity contribution < 1.29 is 101 Å². The number of benzene rings is 2. The molecule has 1 saturated carbocycles. The number of nitrogens with one attached hydrogen (secondary N) is 1. The summed E-state index contributed by atoms with van der Waals surface area (Å²) >= 11 is 0. The van der Waals surface area contributed by atoms with Gasteiger partial charge in [-0.15, -0.1) is 5.10 Å². The summed E-state index contributed by atoms with van der Waals surface area (Å²) < 4.78 is 68.5. The predicted octanol–water partition coefficient (Wildman–Crippen LogP) is 7.36. The first-order chi connectivity index (χ1) is 65.2. The number of nitrogen functional groups attached to an aromatic ring is 2. The highest BCUT2D eigenvalue weighted by Crippen LogP contribution is 2.40. The van der Waals surface area contributed by atoms with Gasteiger partial charge in [0.25, 0.3) is 17.7 Å². The second-order valence-electron chi connectivity index (χ2n) is 36.2. The first-order valence-corrected chi connectivity index (χ1v) is 47.4. The van der Waals surface area contributed by atoms with E-state index in [1.54, 1.807) is 62.8 Å². The second kappa shape index (κ2) is 51.3. The Bertz CT molecular complexity index is 5140. The van der Waals surface area contributed by atoms with Gasteiger partial charge in [-0.3, -0.25) is 28.9 Å². The first kappa shape index (κ1) is 104. The molecule has 0 spiro atoms. The molecule has 5 aliphatic rings. The number of aliphatic hydroxyl groups is 4. The van der Waals surface area contributed by atoms with Crippen LogP contribution in [-0.4, -0.2) is 301 Å². The van der Waals surface area contributed by atoms with Gasteiger partial charge in [-0.2, -0.15) is 10.1 Å². The number of Topliss-reactive ketones (excluding diaryl/α,β-unsaturated/α-hetero) is 3. The standard InChI is InChI=1S/C97H137N17O21/c1-61-17-10-9-11-18-62(2)81(125-7)51-74-25-22-66(6)97(124,135-74)90(121)93(122)113-30-14-12-21-77(113)94(123)133-82(52-78(116)63(3)46-65(5)88(119)89(120)87(118)64(4)45-61)75(98)48-67-23-26-80(83(49-67)126-8)132-59-68-19-16-20-69(47-68)71-53-102-96(103-54-71)111-33-32-110(73(57-111)58-115)55-72-56-112(109-107-72)34-36-128-38-40-130-42-44-131-43-41-129-39-37-127-35-28-84(117)101-29-13-15-31-114-92-85(91(99)104-60-105-92)86(108-114)70-24-27-79-76(50-70)106-95(100)134-79/h9-11,16-20,24,27,46-47,50,53-54,56,60-61,63-64,66-67,73-75,77,80-83,88-89,115,119-120,124H,12-15,21-23,25-26,28-45,48-49,51-52,55,57-59,98H2,1-8H3,(H2,100,106)(H,101,117)(H2,99,104,105)/b11-9?,17-10+,62-18?,65-46+/t61-,63-,64-,66-,67+,73?,74+,75-,77+,80-,81+,82?,83-,88-,89+,97-/m1/s1. The molecule has 4 fully saturated rings. The van der Waals surface area contributed by atoms with Crippen LogP contribution in [0.15, 0.2) is 119 Å². The van der Waals surface area contributed by atoms with Gasteiger partial charge in [0.2, 0.25) is 17.6 Å². The van der Waals surface area contributed by atoms with Crippen LogP contribution in [0.3, 0.4) is 0 Å². The lowest BCUT2D eigenvalue weighted by atomic mass is 9.80. The van der Waals surface area contributed by atoms with Gasteiger partial charge in [-0.25, -0.2) is 34.1 Å². The zero-order valence-electron chi connectivity index (χ0n) is 79.0. The van der Waals surface area contributed by atoms with Crippen molar-refractivity contribution in [2.75, 3.05) is 136 Å². The lowest BCUT2D eigenvalue weighted by Gasteiger charge is -2.42. The van der Waals surface area contributed by atoms with Gasteiger partial charge in [0.15, 0.2) is 17.0 Å². The molecular formula is C97H137N17O21. The summed E-state index contributed by atoms with van der Waals surface area (Å²) in [6.45, 7) is 18.2. The van der Waals surface area contributed by atoms with Crippen LogP contribution in [0.2, 0.25) is 0 Å². The molecule has 2 amide bonds. The van der Waals surface area contributed by atoms with Crippen molar-refractivity contribution in [1.29, 1.82) is 0 Å². The number of hydrogen-bond acceptors (Lipinski definition) is 34. The summed E-state index contributed by atoms with van der Waals surface area (Å²) in [6.07, 6.45) is 17.3. The zero-order chi connectivity index (χ0) is 96.1. The molecule has 5 aromatic heterocycles. The van der Waals surface area contributed by atoms with Crippen LogP contribution < -0.4 is 27.4 Å². The number of hydrogen-bond donors (Lipinski definition) is 8. The van der Waals surface area contributed by atoms with Gasteiger partial charge < -0.3 is 105 Å². The highest BCUT2D eigenvalue weighted by molar-refractivity contribution is 6.39. The van der Waals surface area contributed by atoms with Gasteiger partial charge in [-0.1, -0.05) is 87.6 Å². The van der Waals surface area contributed by atoms with Gasteiger partial charge in [0.05, 0.1) is 127 Å². The van der Waals surface area contributed by atoms with Gasteiger partial charge in [0.1, 0.15) is 53.5 Å². The van der Waals surface area contributed by atoms with Gasteiger partial charge in [0, 0.05) is 133 Å². The molecule has 736 valence electrons. The van der Waals surface area contributed by atoms with E-state index in [1.165, 1.54) is 19.3 Å². The molecule has 3 saturated heterocycles. The number of piperidine rings is 1. The molecule has 2 unspecified atom stereocenters. The Labute approximate surface area is 787 Å². The normalized spacial score (nSPS) is 26.4. The molecule has 4 aliphatic heterocycles. The van der Waals surface area contributed by atoms with E-state index in [4.69, 9.17) is 84.1 Å². The number of amides is 2. The third kappa shape index (κ3) is 29.0. The molecule has 0 radical (unpaired) electrons. The molecule has 38 nitrogen and oxygen atoms in total. The van der Waals surface area contributed by atoms with Crippen molar-refractivity contribution in [3.8, 4) is 22.4 Å². The van der Waals surface area contributed by atoms with Crippen molar-refractivity contribution in [2.45, 2.75) is 231 Å². The van der Waals surface area contributed by atoms with Crippen LogP contribution in [0.5, 0.6) is 0 Å². The SMILES string of the molecule is CO[C@H]1C[C@@H]2CC[C@@H](C)[C@@](O)(O2)C(=O)C(=O)N2CCCC[C@H]2C(=O)OC([C@H](N)C[C@@H]2CC[C@@H](OCc3cccc(-c4cnc(N5CCN(Cc6cn(CCOCCOCCOCCOCCOCCC(=O)NCCCCn7nc(-c8ccc9oc(N)nc9c8)c8c(N)ncnc87)nn6)C(CO)C5)nc4)c3)[C@H](OC)C2)CC(=O)[C@H](C)/C=C(\C)[C@@H](O)[C@@H](O)C(=O)[C@H](C)C[C@H](C)/C=C/C=CC=C1C. The van der Waals surface area contributed by atoms with Crippen LogP contribution in [0.25, 0.3) is 44.5 Å². The number of rotatable bonds is 37. The molecule has 9 heterocycles. The maximum atomic E-state index is 14.8. The first-order valence-electron chi connectivity index (χ1n) is 47.4. The Morgan fingerprint density at radius 3 is 2.24 bits per heavy atom. The molecule has 38 heteroatoms. The number of aliphatic hydroxyl groups excluding tert-OH is 3. The molecule has 135 heavy (non-hydrogen) atoms. The third-order valence-corrected chi connectivity index (χ3v) is 26.2. The average molecular weight is 1880 g/mol. The number of esters is 1. The Hall–Kier alpha value is -10.1. The highest BCUT2D eigenvalue weighted by Gasteiger charge is 2.53. The zero-order valence-corrected chi connectivity index (χ0v) is 79.0. The predicted molar refractivity (Wildman–Crippen MR) is 501 cm³/mol. The summed E-state index contributed by atoms with van der Waals surface area (Å²) in [7, 11) is 3.19. The van der Waals surface area contributed by atoms with E-state index in [0.717, 1.165) is 51.3 Å². The Kier molecular flexibility index (Phi) is 39.5. The number of allylic oxidation sites excluding steroid dienone is 6. The van der Waals surface area contributed by atoms with Crippen molar-refractivity contribution in [2.24, 2.45) is 35.3 Å². The quantitative estimate of drug-likeness (QED) is 0.00815. The molecule has 11 N–H and O–H groups in total. The van der Waals surface area contributed by atoms with Crippen LogP contribution in [0.1, 0.15) is 149 Å². The Balaban J connectivity index is 0.531. The number of oxazole rings is 1. The van der Waals surface area contributed by atoms with E-state index in [0.29, 0.717) is 203 Å². The number of cyclic esters (lactones) is 1. The summed E-state index contributed by atoms with van der Waals surface area (Å²) in [5.74, 6) is -8.30. The number of aryl methyl sites for hydroxylation is 1. The number of nitrogens with two attached hydrogens (primary N) is 3. The van der Waals surface area contributed by atoms with Crippen molar-refractivity contribution in [1.82, 2.24) is 64.8 Å². The van der Waals surface area contributed by atoms with Crippen LogP contribution >= 0.6 is 0 Å². The fourth-order valence-corrected chi connectivity index (χ4v) is 18.2. The minimum atomic E-state index is -2.50. The fourth-order valence-electron chi connectivity index (χ4n) is 18.2. The van der Waals surface area contributed by atoms with Crippen LogP contribution in [0.4, 0.5) is 17.8 Å². The van der Waals surface area contributed by atoms with E-state index >= 15 is 0 Å². The largest absolute Gasteiger partial charge is 0.459 e. The van der Waals surface area contributed by atoms with Crippen molar-refractivity contribution in [3.63, 3.8) is 0 Å². The molecule has 16 atom stereocenters. The molecular weight excluding hydrogens is 1740 g/mol. The summed E-state index contributed by atoms with van der Waals surface area (Å²) in [4.78, 5) is 112. The van der Waals surface area contributed by atoms with Crippen molar-refractivity contribution >= 4 is 75.0 Å². The number of fused-ring (bicyclic) bond motifs is 5. The smallest absolute Gasteiger partial charge is 0.329 e. The topological polar surface area (TPSA) is 502 Å². The van der Waals surface area contributed by atoms with Gasteiger partial charge >= 0.3 is 5.97 Å². The number of carbonyl (C=O) groups excluding carboxylic acids is 6. The number of ketones is 3. The second-order valence-corrected chi connectivity index (χ2v) is 36.2. The monoisotopic (exact) mass is 1880 g/mol. The van der Waals surface area contributed by atoms with Gasteiger partial charge in [-0.05, 0) is 149 Å². The van der Waals surface area contributed by atoms with Crippen LogP contribution in [0, 0.1) is 29.6 Å². The van der Waals surface area contributed by atoms with E-state index in [1.807, 2.05) is 86.8 Å². The maximum Gasteiger partial charge on any atom is 0.329 e. The highest BCUT2D eigenvalue weighted by atomic mass is 16.6. The number of nitrogens with zero attached hydrogens (tertiary/aromatic N) is 13. The number of anilines is 3. The van der Waals surface area contributed by atoms with E-state index in [-0.39, 0.29) is 99.6 Å². The Morgan fingerprint density at radius 2 is 1.50 bits per heavy atom. The number of unbranched alkanes of at least 4 members (excludes halogenated alkanes) is 1. The lowest BCUT2D eigenvalue weighted by molar-refractivity contribution is -0.265. The maximum absolute atomic E-state index is 14.8. The van der Waals surface area contributed by atoms with E-state index in [2.05, 4.69) is 40.4 Å². The third-order valence-electron chi connectivity index (χ3n) is 26.2. The molecule has 12 rings (SSSR count). The fraction of sp³-hybridized carbons (Fsp3) is 0.608. The number of carbonyl (C=O) groups is 6. The Morgan fingerprint density at radius 1 is 0.748 bits per heavy atom. The average Bonchev–Trinajstić information content (AvgIpc) is 1.60. The van der Waals surface area contributed by atoms with E-state index in [9.17, 15) is 49.2 Å². The van der Waals surface area contributed by atoms with E-state index < -0.39 is 95.4 Å². The molecule has 2 aromatic carbocycles. The lowest BCUT2D eigenvalue weighted by Crippen LogP contribution is -2.61.